The third kappa shape index (κ3) is 3.31. The summed E-state index contributed by atoms with van der Waals surface area (Å²) in [5.41, 5.74) is 0.869. The van der Waals surface area contributed by atoms with Crippen LogP contribution in [0.3, 0.4) is 0 Å². The summed E-state index contributed by atoms with van der Waals surface area (Å²) in [5.74, 6) is -2.26. The van der Waals surface area contributed by atoms with Gasteiger partial charge in [0.25, 0.3) is 0 Å². The smallest absolute Gasteiger partial charge is 0.159 e. The topological polar surface area (TPSA) is 0 Å². The van der Waals surface area contributed by atoms with Crippen LogP contribution in [0.1, 0.15) is 16.0 Å². The molecule has 0 saturated carbocycles. The molecule has 1 unspecified atom stereocenters. The third-order valence-electron chi connectivity index (χ3n) is 2.75. The van der Waals surface area contributed by atoms with E-state index < -0.39 is 17.5 Å². The summed E-state index contributed by atoms with van der Waals surface area (Å²) in [7, 11) is 0. The first-order chi connectivity index (χ1) is 8.99. The van der Waals surface area contributed by atoms with E-state index in [1.807, 2.05) is 0 Å². The van der Waals surface area contributed by atoms with Gasteiger partial charge in [0.15, 0.2) is 11.6 Å². The van der Waals surface area contributed by atoms with Crippen molar-refractivity contribution >= 4 is 27.5 Å². The van der Waals surface area contributed by atoms with Crippen molar-refractivity contribution in [3.05, 3.63) is 70.0 Å². The van der Waals surface area contributed by atoms with Crippen LogP contribution in [0.25, 0.3) is 0 Å². The minimum absolute atomic E-state index is 0.247. The van der Waals surface area contributed by atoms with E-state index in [9.17, 15) is 13.2 Å². The molecule has 0 nitrogen and oxygen atoms in total. The molecule has 0 heterocycles. The highest BCUT2D eigenvalue weighted by Gasteiger charge is 2.15. The fourth-order valence-corrected chi connectivity index (χ4v) is 2.58. The van der Waals surface area contributed by atoms with Gasteiger partial charge in [-0.05, 0) is 36.2 Å². The molecule has 0 spiro atoms. The predicted octanol–water partition coefficient (Wildman–Crippen LogP) is 5.44. The normalized spacial score (nSPS) is 12.5. The van der Waals surface area contributed by atoms with Gasteiger partial charge in [-0.3, -0.25) is 0 Å². The summed E-state index contributed by atoms with van der Waals surface area (Å²) >= 11 is 9.26. The summed E-state index contributed by atoms with van der Waals surface area (Å²) in [6, 6.07) is 8.00. The Kier molecular flexibility index (Phi) is 4.53. The zero-order chi connectivity index (χ0) is 14.0. The van der Waals surface area contributed by atoms with Gasteiger partial charge >= 0.3 is 0 Å². The molecule has 2 rings (SSSR count). The lowest BCUT2D eigenvalue weighted by Crippen LogP contribution is -2.00. The van der Waals surface area contributed by atoms with Crippen molar-refractivity contribution in [3.63, 3.8) is 0 Å². The summed E-state index contributed by atoms with van der Waals surface area (Å²) in [4.78, 5) is -0.350. The fourth-order valence-electron chi connectivity index (χ4n) is 1.73. The van der Waals surface area contributed by atoms with Gasteiger partial charge in [-0.2, -0.15) is 0 Å². The number of rotatable bonds is 3. The molecule has 0 bridgehead atoms. The van der Waals surface area contributed by atoms with Crippen LogP contribution in [0.15, 0.2) is 36.4 Å². The maximum Gasteiger partial charge on any atom is 0.159 e. The molecule has 0 aliphatic carbocycles. The number of halogens is 5. The van der Waals surface area contributed by atoms with Crippen LogP contribution < -0.4 is 0 Å². The summed E-state index contributed by atoms with van der Waals surface area (Å²) in [5, 5.41) is 0.312. The first-order valence-electron chi connectivity index (χ1n) is 5.51. The third-order valence-corrected chi connectivity index (χ3v) is 3.96. The van der Waals surface area contributed by atoms with Crippen molar-refractivity contribution in [1.82, 2.24) is 0 Å². The molecule has 19 heavy (non-hydrogen) atoms. The summed E-state index contributed by atoms with van der Waals surface area (Å²) in [6.07, 6.45) is 0.247. The van der Waals surface area contributed by atoms with Crippen molar-refractivity contribution in [1.29, 1.82) is 0 Å². The van der Waals surface area contributed by atoms with E-state index in [0.29, 0.717) is 16.1 Å². The standard InChI is InChI=1S/C14H9BrClF3/c15-10(8-4-5-13(18)14(19)6-8)7-9-11(16)2-1-3-12(9)17/h1-6,10H,7H2. The molecule has 0 radical (unpaired) electrons. The molecule has 5 heteroatoms. The first-order valence-corrected chi connectivity index (χ1v) is 6.80. The molecular weight excluding hydrogens is 341 g/mol. The molecule has 0 aliphatic rings. The molecule has 2 aromatic rings. The van der Waals surface area contributed by atoms with Crippen molar-refractivity contribution in [2.45, 2.75) is 11.2 Å². The van der Waals surface area contributed by atoms with E-state index in [2.05, 4.69) is 15.9 Å². The highest BCUT2D eigenvalue weighted by molar-refractivity contribution is 9.09. The van der Waals surface area contributed by atoms with Crippen LogP contribution in [0.2, 0.25) is 5.02 Å². The molecule has 0 aromatic heterocycles. The van der Waals surface area contributed by atoms with Gasteiger partial charge in [0.05, 0.1) is 0 Å². The lowest BCUT2D eigenvalue weighted by molar-refractivity contribution is 0.507. The molecule has 0 amide bonds. The minimum atomic E-state index is -0.929. The predicted molar refractivity (Wildman–Crippen MR) is 73.1 cm³/mol. The molecule has 2 aromatic carbocycles. The number of benzene rings is 2. The Morgan fingerprint density at radius 2 is 1.74 bits per heavy atom. The molecule has 0 saturated heterocycles. The Bertz CT molecular complexity index is 581. The van der Waals surface area contributed by atoms with Gasteiger partial charge in [0, 0.05) is 15.4 Å². The van der Waals surface area contributed by atoms with E-state index in [0.717, 1.165) is 12.1 Å². The maximum absolute atomic E-state index is 13.6. The van der Waals surface area contributed by atoms with Crippen molar-refractivity contribution in [2.75, 3.05) is 0 Å². The number of alkyl halides is 1. The van der Waals surface area contributed by atoms with E-state index in [1.165, 1.54) is 18.2 Å². The van der Waals surface area contributed by atoms with E-state index in [4.69, 9.17) is 11.6 Å². The fraction of sp³-hybridized carbons (Fsp3) is 0.143. The lowest BCUT2D eigenvalue weighted by Gasteiger charge is -2.12. The Morgan fingerprint density at radius 3 is 2.37 bits per heavy atom. The van der Waals surface area contributed by atoms with E-state index in [-0.39, 0.29) is 11.2 Å². The molecule has 0 fully saturated rings. The molecular formula is C14H9BrClF3. The van der Waals surface area contributed by atoms with Crippen LogP contribution in [0, 0.1) is 17.5 Å². The van der Waals surface area contributed by atoms with Gasteiger partial charge in [0.2, 0.25) is 0 Å². The Labute approximate surface area is 122 Å². The van der Waals surface area contributed by atoms with Crippen LogP contribution in [-0.4, -0.2) is 0 Å². The maximum atomic E-state index is 13.6. The zero-order valence-corrected chi connectivity index (χ0v) is 12.0. The second-order valence-corrected chi connectivity index (χ2v) is 5.56. The Morgan fingerprint density at radius 1 is 1.00 bits per heavy atom. The monoisotopic (exact) mass is 348 g/mol. The van der Waals surface area contributed by atoms with Gasteiger partial charge < -0.3 is 0 Å². The van der Waals surface area contributed by atoms with Crippen LogP contribution in [0.4, 0.5) is 13.2 Å². The zero-order valence-electron chi connectivity index (χ0n) is 9.64. The second kappa shape index (κ2) is 5.97. The Balaban J connectivity index is 2.25. The lowest BCUT2D eigenvalue weighted by atomic mass is 10.0. The average molecular weight is 350 g/mol. The van der Waals surface area contributed by atoms with E-state index >= 15 is 0 Å². The van der Waals surface area contributed by atoms with Crippen LogP contribution in [-0.2, 0) is 6.42 Å². The average Bonchev–Trinajstić information content (AvgIpc) is 2.37. The highest BCUT2D eigenvalue weighted by Crippen LogP contribution is 2.31. The van der Waals surface area contributed by atoms with E-state index in [1.54, 1.807) is 6.07 Å². The summed E-state index contributed by atoms with van der Waals surface area (Å²) in [6.45, 7) is 0. The van der Waals surface area contributed by atoms with Gasteiger partial charge in [-0.15, -0.1) is 0 Å². The number of hydrogen-bond acceptors (Lipinski definition) is 0. The molecule has 100 valence electrons. The largest absolute Gasteiger partial charge is 0.207 e. The molecule has 0 aliphatic heterocycles. The second-order valence-electron chi connectivity index (χ2n) is 4.05. The van der Waals surface area contributed by atoms with Gasteiger partial charge in [-0.1, -0.05) is 39.7 Å². The SMILES string of the molecule is Fc1ccc(C(Br)Cc2c(F)cccc2Cl)cc1F. The first kappa shape index (κ1) is 14.4. The van der Waals surface area contributed by atoms with Gasteiger partial charge in [-0.25, -0.2) is 13.2 Å². The highest BCUT2D eigenvalue weighted by atomic mass is 79.9. The van der Waals surface area contributed by atoms with Crippen molar-refractivity contribution in [3.8, 4) is 0 Å². The van der Waals surface area contributed by atoms with Gasteiger partial charge in [0.1, 0.15) is 5.82 Å². The van der Waals surface area contributed by atoms with Crippen molar-refractivity contribution in [2.24, 2.45) is 0 Å². The number of hydrogen-bond donors (Lipinski definition) is 0. The Hall–Kier alpha value is -1.00. The summed E-state index contributed by atoms with van der Waals surface area (Å²) < 4.78 is 39.6. The molecule has 1 atom stereocenters. The quantitative estimate of drug-likeness (QED) is 0.648. The molecule has 0 N–H and O–H groups in total. The van der Waals surface area contributed by atoms with Crippen LogP contribution in [0.5, 0.6) is 0 Å². The van der Waals surface area contributed by atoms with Crippen molar-refractivity contribution < 1.29 is 13.2 Å². The minimum Gasteiger partial charge on any atom is -0.207 e. The van der Waals surface area contributed by atoms with Crippen LogP contribution >= 0.6 is 27.5 Å².